The van der Waals surface area contributed by atoms with E-state index in [0.717, 1.165) is 38.5 Å². The summed E-state index contributed by atoms with van der Waals surface area (Å²) in [6.07, 6.45) is 2.79. The van der Waals surface area contributed by atoms with Gasteiger partial charge in [-0.1, -0.05) is 24.3 Å². The van der Waals surface area contributed by atoms with Crippen LogP contribution in [0, 0.1) is 6.92 Å². The second kappa shape index (κ2) is 9.73. The van der Waals surface area contributed by atoms with Gasteiger partial charge in [-0.25, -0.2) is 28.1 Å². The van der Waals surface area contributed by atoms with Gasteiger partial charge in [0.15, 0.2) is 0 Å². The van der Waals surface area contributed by atoms with Crippen LogP contribution in [0.15, 0.2) is 60.1 Å². The van der Waals surface area contributed by atoms with E-state index in [1.54, 1.807) is 12.3 Å². The fourth-order valence-corrected chi connectivity index (χ4v) is 5.01. The molecule has 0 unspecified atom stereocenters. The van der Waals surface area contributed by atoms with Crippen LogP contribution in [0.2, 0.25) is 0 Å². The first-order chi connectivity index (χ1) is 17.7. The Morgan fingerprint density at radius 2 is 1.81 bits per heavy atom. The van der Waals surface area contributed by atoms with E-state index in [1.165, 1.54) is 11.3 Å². The molecule has 0 aliphatic heterocycles. The molecule has 0 saturated heterocycles. The minimum absolute atomic E-state index is 0.00217. The number of hydrogen-bond acceptors (Lipinski definition) is 9. The van der Waals surface area contributed by atoms with E-state index in [9.17, 15) is 13.2 Å². The predicted octanol–water partition coefficient (Wildman–Crippen LogP) is 4.18. The van der Waals surface area contributed by atoms with Crippen LogP contribution in [-0.4, -0.2) is 35.5 Å². The molecule has 0 saturated carbocycles. The Hall–Kier alpha value is -4.13. The molecule has 0 aliphatic rings. The van der Waals surface area contributed by atoms with E-state index in [0.29, 0.717) is 17.0 Å². The van der Waals surface area contributed by atoms with E-state index in [-0.39, 0.29) is 18.2 Å². The van der Waals surface area contributed by atoms with Crippen LogP contribution in [0.25, 0.3) is 21.0 Å². The number of fused-ring (bicyclic) bond motifs is 2. The molecular weight excluding hydrogens is 510 g/mol. The average molecular weight is 534 g/mol. The number of hydrogen-bond donors (Lipinski definition) is 4. The van der Waals surface area contributed by atoms with Crippen molar-refractivity contribution in [2.75, 3.05) is 22.6 Å². The molecule has 3 heterocycles. The third-order valence-electron chi connectivity index (χ3n) is 5.68. The number of aryl methyl sites for hydroxylation is 1. The van der Waals surface area contributed by atoms with Crippen LogP contribution < -0.4 is 21.1 Å². The molecule has 188 valence electrons. The Labute approximate surface area is 217 Å². The van der Waals surface area contributed by atoms with Crippen LogP contribution in [0.1, 0.15) is 21.7 Å². The topological polar surface area (TPSA) is 152 Å². The van der Waals surface area contributed by atoms with Crippen molar-refractivity contribution in [1.82, 2.24) is 19.7 Å². The van der Waals surface area contributed by atoms with E-state index < -0.39 is 15.9 Å². The number of carbonyl (C=O) groups excluding carboxylic acids is 1. The minimum Gasteiger partial charge on any atom is -0.382 e. The Bertz CT molecular complexity index is 1750. The number of amides is 1. The van der Waals surface area contributed by atoms with Gasteiger partial charge < -0.3 is 16.4 Å². The first kappa shape index (κ1) is 24.6. The van der Waals surface area contributed by atoms with Crippen LogP contribution in [0.4, 0.5) is 23.0 Å². The molecule has 0 fully saturated rings. The monoisotopic (exact) mass is 533 g/mol. The van der Waals surface area contributed by atoms with Gasteiger partial charge in [0.25, 0.3) is 5.91 Å². The van der Waals surface area contributed by atoms with Crippen molar-refractivity contribution in [1.29, 1.82) is 0 Å². The predicted molar refractivity (Wildman–Crippen MR) is 148 cm³/mol. The van der Waals surface area contributed by atoms with Gasteiger partial charge in [0.05, 0.1) is 22.2 Å². The normalized spacial score (nSPS) is 11.6. The Morgan fingerprint density at radius 1 is 1.03 bits per heavy atom. The van der Waals surface area contributed by atoms with Gasteiger partial charge in [0, 0.05) is 29.2 Å². The lowest BCUT2D eigenvalue weighted by molar-refractivity contribution is 0.101. The van der Waals surface area contributed by atoms with Crippen LogP contribution in [0.5, 0.6) is 0 Å². The number of rotatable bonds is 7. The van der Waals surface area contributed by atoms with Crippen LogP contribution in [-0.2, 0) is 16.6 Å². The van der Waals surface area contributed by atoms with Gasteiger partial charge in [-0.05, 0) is 47.7 Å². The molecule has 37 heavy (non-hydrogen) atoms. The van der Waals surface area contributed by atoms with Gasteiger partial charge in [0.1, 0.15) is 11.6 Å². The van der Waals surface area contributed by atoms with Crippen molar-refractivity contribution in [2.24, 2.45) is 0 Å². The summed E-state index contributed by atoms with van der Waals surface area (Å²) in [4.78, 5) is 26.1. The Kier molecular flexibility index (Phi) is 6.46. The molecule has 10 nitrogen and oxygen atoms in total. The zero-order chi connectivity index (χ0) is 26.2. The number of anilines is 4. The van der Waals surface area contributed by atoms with Gasteiger partial charge in [-0.3, -0.25) is 4.79 Å². The number of carbonyl (C=O) groups is 1. The highest BCUT2D eigenvalue weighted by Crippen LogP contribution is 2.32. The number of thiophene rings is 1. The fraction of sp³-hybridized carbons (Fsp3) is 0.120. The number of aromatic nitrogens is 3. The molecule has 3 aromatic heterocycles. The smallest absolute Gasteiger partial charge is 0.293 e. The number of nitrogen functional groups attached to an aromatic ring is 1. The fourth-order valence-electron chi connectivity index (χ4n) is 3.84. The molecule has 2 aromatic carbocycles. The molecule has 5 aromatic rings. The Balaban J connectivity index is 1.42. The number of nitrogens with zero attached hydrogens (tertiary/aromatic N) is 3. The van der Waals surface area contributed by atoms with E-state index >= 15 is 0 Å². The summed E-state index contributed by atoms with van der Waals surface area (Å²) in [7, 11) is -3.27. The van der Waals surface area contributed by atoms with Gasteiger partial charge in [-0.2, -0.15) is 0 Å². The molecule has 1 amide bonds. The second-order valence-corrected chi connectivity index (χ2v) is 11.2. The summed E-state index contributed by atoms with van der Waals surface area (Å²) in [5, 5.41) is 9.71. The molecular formula is C25H23N7O3S2. The zero-order valence-electron chi connectivity index (χ0n) is 19.9. The van der Waals surface area contributed by atoms with Crippen molar-refractivity contribution in [3.05, 3.63) is 77.1 Å². The quantitative estimate of drug-likeness (QED) is 0.243. The van der Waals surface area contributed by atoms with Crippen molar-refractivity contribution in [2.45, 2.75) is 13.5 Å². The summed E-state index contributed by atoms with van der Waals surface area (Å²) < 4.78 is 25.9. The highest BCUT2D eigenvalue weighted by molar-refractivity contribution is 7.88. The summed E-state index contributed by atoms with van der Waals surface area (Å²) in [5.41, 5.74) is 9.75. The lowest BCUT2D eigenvalue weighted by Gasteiger charge is -2.15. The van der Waals surface area contributed by atoms with Crippen LogP contribution >= 0.6 is 11.3 Å². The number of nitrogens with one attached hydrogen (secondary N) is 3. The molecule has 5 rings (SSSR count). The van der Waals surface area contributed by atoms with Crippen molar-refractivity contribution < 1.29 is 13.2 Å². The van der Waals surface area contributed by atoms with E-state index in [1.807, 2.05) is 54.8 Å². The lowest BCUT2D eigenvalue weighted by Crippen LogP contribution is -2.21. The molecule has 0 radical (unpaired) electrons. The second-order valence-electron chi connectivity index (χ2n) is 8.45. The van der Waals surface area contributed by atoms with E-state index in [4.69, 9.17) is 5.73 Å². The number of nitrogens with two attached hydrogens (primary N) is 1. The number of sulfonamides is 1. The lowest BCUT2D eigenvalue weighted by atomic mass is 10.1. The van der Waals surface area contributed by atoms with Gasteiger partial charge in [-0.15, -0.1) is 11.3 Å². The third-order valence-corrected chi connectivity index (χ3v) is 7.28. The van der Waals surface area contributed by atoms with Crippen molar-refractivity contribution in [3.63, 3.8) is 0 Å². The minimum atomic E-state index is -3.27. The maximum atomic E-state index is 13.1. The first-order valence-electron chi connectivity index (χ1n) is 11.2. The van der Waals surface area contributed by atoms with Gasteiger partial charge >= 0.3 is 0 Å². The largest absolute Gasteiger partial charge is 0.382 e. The number of pyridine rings is 1. The van der Waals surface area contributed by atoms with Gasteiger partial charge in [0.2, 0.25) is 15.8 Å². The molecule has 5 N–H and O–H groups in total. The summed E-state index contributed by atoms with van der Waals surface area (Å²) >= 11 is 1.43. The first-order valence-corrected chi connectivity index (χ1v) is 14.0. The molecule has 12 heteroatoms. The molecule has 0 bridgehead atoms. The summed E-state index contributed by atoms with van der Waals surface area (Å²) in [5.74, 6) is 0.418. The maximum Gasteiger partial charge on any atom is 0.293 e. The highest BCUT2D eigenvalue weighted by Gasteiger charge is 2.17. The Morgan fingerprint density at radius 3 is 2.57 bits per heavy atom. The SMILES string of the molecule is Cc1ccc2c(Nc3ccc(CNS(C)(=O)=O)cc3)nccc2c1NC(=O)c1nc(N)c2sccc2n1. The number of benzene rings is 2. The maximum absolute atomic E-state index is 13.1. The average Bonchev–Trinajstić information content (AvgIpc) is 3.34. The molecule has 0 aliphatic carbocycles. The molecule has 0 atom stereocenters. The summed E-state index contributed by atoms with van der Waals surface area (Å²) in [6, 6.07) is 14.8. The standard InChI is InChI=1S/C25H23N7O3S2/c1-14-3-8-18-17(20(14)31-25(33)24-30-19-10-12-36-21(19)22(26)32-24)9-11-27-23(18)29-16-6-4-15(5-7-16)13-28-37(2,34)35/h3-12,28H,13H2,1-2H3,(H,27,29)(H,31,33)(H2,26,30,32). The third kappa shape index (κ3) is 5.35. The zero-order valence-corrected chi connectivity index (χ0v) is 21.6. The highest BCUT2D eigenvalue weighted by atomic mass is 32.2. The van der Waals surface area contributed by atoms with Crippen molar-refractivity contribution >= 4 is 71.3 Å². The van der Waals surface area contributed by atoms with Crippen LogP contribution in [0.3, 0.4) is 0 Å². The van der Waals surface area contributed by atoms with Crippen molar-refractivity contribution in [3.8, 4) is 0 Å². The van der Waals surface area contributed by atoms with E-state index in [2.05, 4.69) is 30.3 Å². The summed E-state index contributed by atoms with van der Waals surface area (Å²) in [6.45, 7) is 2.12. The molecule has 0 spiro atoms.